The van der Waals surface area contributed by atoms with Gasteiger partial charge < -0.3 is 16.0 Å². The van der Waals surface area contributed by atoms with Crippen LogP contribution in [-0.2, 0) is 11.2 Å². The second-order valence-electron chi connectivity index (χ2n) is 8.47. The molecule has 1 fully saturated rings. The van der Waals surface area contributed by atoms with Gasteiger partial charge in [0.2, 0.25) is 5.91 Å². The Morgan fingerprint density at radius 1 is 0.971 bits per heavy atom. The summed E-state index contributed by atoms with van der Waals surface area (Å²) in [5, 5.41) is 9.44. The van der Waals surface area contributed by atoms with Crippen molar-refractivity contribution in [1.82, 2.24) is 30.2 Å². The van der Waals surface area contributed by atoms with Crippen molar-refractivity contribution in [2.24, 2.45) is 5.92 Å². The molecular weight excluding hydrogens is 440 g/mol. The van der Waals surface area contributed by atoms with E-state index in [1.54, 1.807) is 24.5 Å². The van der Waals surface area contributed by atoms with Crippen LogP contribution in [0, 0.1) is 12.8 Å². The Bertz CT molecular complexity index is 1320. The molecule has 0 bridgehead atoms. The molecule has 3 aromatic heterocycles. The third kappa shape index (κ3) is 5.82. The minimum Gasteiger partial charge on any atom is -0.326 e. The van der Waals surface area contributed by atoms with Crippen LogP contribution in [0.4, 0.5) is 17.3 Å². The second-order valence-corrected chi connectivity index (χ2v) is 8.47. The van der Waals surface area contributed by atoms with E-state index in [1.807, 2.05) is 49.4 Å². The van der Waals surface area contributed by atoms with Gasteiger partial charge in [0.05, 0.1) is 5.92 Å². The Morgan fingerprint density at radius 3 is 2.54 bits per heavy atom. The highest BCUT2D eigenvalue weighted by Crippen LogP contribution is 2.18. The molecule has 0 radical (unpaired) electrons. The fourth-order valence-corrected chi connectivity index (χ4v) is 3.92. The van der Waals surface area contributed by atoms with Crippen LogP contribution >= 0.6 is 0 Å². The highest BCUT2D eigenvalue weighted by Gasteiger charge is 2.22. The topological polar surface area (TPSA) is 118 Å². The second kappa shape index (κ2) is 10.4. The zero-order chi connectivity index (χ0) is 24.0. The lowest BCUT2D eigenvalue weighted by Gasteiger charge is -2.10. The number of benzene rings is 1. The number of amides is 1. The van der Waals surface area contributed by atoms with Gasteiger partial charge in [-0.25, -0.2) is 24.9 Å². The van der Waals surface area contributed by atoms with Gasteiger partial charge in [-0.2, -0.15) is 0 Å². The molecule has 1 saturated heterocycles. The fourth-order valence-electron chi connectivity index (χ4n) is 3.92. The van der Waals surface area contributed by atoms with Gasteiger partial charge in [0.15, 0.2) is 5.82 Å². The van der Waals surface area contributed by atoms with Crippen molar-refractivity contribution in [3.8, 4) is 11.5 Å². The number of rotatable bonds is 7. The van der Waals surface area contributed by atoms with E-state index in [0.717, 1.165) is 42.1 Å². The highest BCUT2D eigenvalue weighted by atomic mass is 16.1. The fraction of sp³-hybridized carbons (Fsp3) is 0.231. The third-order valence-corrected chi connectivity index (χ3v) is 5.75. The summed E-state index contributed by atoms with van der Waals surface area (Å²) >= 11 is 0. The Balaban J connectivity index is 1.23. The normalized spacial score (nSPS) is 15.1. The van der Waals surface area contributed by atoms with E-state index >= 15 is 0 Å². The summed E-state index contributed by atoms with van der Waals surface area (Å²) < 4.78 is 0. The van der Waals surface area contributed by atoms with Crippen molar-refractivity contribution in [3.05, 3.63) is 84.1 Å². The van der Waals surface area contributed by atoms with Crippen LogP contribution in [0.25, 0.3) is 11.5 Å². The number of hydrogen-bond donors (Lipinski definition) is 3. The number of carbonyl (C=O) groups is 1. The van der Waals surface area contributed by atoms with Gasteiger partial charge in [0.1, 0.15) is 23.2 Å². The molecule has 4 aromatic rings. The van der Waals surface area contributed by atoms with Crippen LogP contribution in [-0.4, -0.2) is 43.9 Å². The molecule has 35 heavy (non-hydrogen) atoms. The van der Waals surface area contributed by atoms with Gasteiger partial charge in [-0.1, -0.05) is 18.2 Å². The van der Waals surface area contributed by atoms with E-state index in [9.17, 15) is 4.79 Å². The van der Waals surface area contributed by atoms with Crippen molar-refractivity contribution in [1.29, 1.82) is 0 Å². The number of hydrogen-bond acceptors (Lipinski definition) is 8. The lowest BCUT2D eigenvalue weighted by molar-refractivity contribution is -0.119. The van der Waals surface area contributed by atoms with Crippen molar-refractivity contribution >= 4 is 23.2 Å². The lowest BCUT2D eigenvalue weighted by Crippen LogP contribution is -2.24. The standard InChI is InChI=1S/C26H26N8O/c1-17-3-2-4-21(30-17)25-29-14-11-23(34-25)32-22-10-13-28-24(33-22)15-18-5-7-20(8-6-18)31-26(35)19-9-12-27-16-19/h2-8,10-11,13-14,19,27H,9,12,15-16H2,1H3,(H,31,35)(H,28,29,32,33,34). The summed E-state index contributed by atoms with van der Waals surface area (Å²) in [7, 11) is 0. The molecule has 1 amide bonds. The number of pyridine rings is 1. The van der Waals surface area contributed by atoms with E-state index in [2.05, 4.69) is 40.9 Å². The Morgan fingerprint density at radius 2 is 1.77 bits per heavy atom. The van der Waals surface area contributed by atoms with E-state index < -0.39 is 0 Å². The van der Waals surface area contributed by atoms with Gasteiger partial charge in [-0.15, -0.1) is 0 Å². The molecule has 0 spiro atoms. The highest BCUT2D eigenvalue weighted by molar-refractivity contribution is 5.92. The lowest BCUT2D eigenvalue weighted by atomic mass is 10.1. The molecule has 5 rings (SSSR count). The first-order chi connectivity index (χ1) is 17.1. The molecule has 1 aromatic carbocycles. The van der Waals surface area contributed by atoms with Gasteiger partial charge in [0.25, 0.3) is 0 Å². The summed E-state index contributed by atoms with van der Waals surface area (Å²) in [5.41, 5.74) is 3.48. The molecule has 0 saturated carbocycles. The van der Waals surface area contributed by atoms with E-state index in [4.69, 9.17) is 0 Å². The molecule has 1 atom stereocenters. The van der Waals surface area contributed by atoms with Gasteiger partial charge in [0, 0.05) is 36.7 Å². The number of anilines is 3. The average Bonchev–Trinajstić information content (AvgIpc) is 3.41. The smallest absolute Gasteiger partial charge is 0.228 e. The van der Waals surface area contributed by atoms with E-state index in [-0.39, 0.29) is 11.8 Å². The first-order valence-corrected chi connectivity index (χ1v) is 11.6. The van der Waals surface area contributed by atoms with Crippen molar-refractivity contribution in [2.75, 3.05) is 23.7 Å². The third-order valence-electron chi connectivity index (χ3n) is 5.75. The molecule has 176 valence electrons. The van der Waals surface area contributed by atoms with Crippen molar-refractivity contribution in [3.63, 3.8) is 0 Å². The van der Waals surface area contributed by atoms with Crippen molar-refractivity contribution in [2.45, 2.75) is 19.8 Å². The summed E-state index contributed by atoms with van der Waals surface area (Å²) in [4.78, 5) is 34.7. The first kappa shape index (κ1) is 22.5. The maximum absolute atomic E-state index is 12.3. The molecule has 4 heterocycles. The largest absolute Gasteiger partial charge is 0.326 e. The molecular formula is C26H26N8O. The number of aromatic nitrogens is 5. The number of aryl methyl sites for hydroxylation is 1. The molecule has 9 nitrogen and oxygen atoms in total. The zero-order valence-electron chi connectivity index (χ0n) is 19.4. The minimum absolute atomic E-state index is 0.0392. The monoisotopic (exact) mass is 466 g/mol. The summed E-state index contributed by atoms with van der Waals surface area (Å²) in [6.07, 6.45) is 4.86. The van der Waals surface area contributed by atoms with E-state index in [1.165, 1.54) is 0 Å². The SMILES string of the molecule is Cc1cccc(-c2nccc(Nc3ccnc(Cc4ccc(NC(=O)C5CCNC5)cc4)n3)n2)n1. The first-order valence-electron chi connectivity index (χ1n) is 11.6. The molecule has 1 aliphatic rings. The van der Waals surface area contributed by atoms with Crippen LogP contribution in [0.1, 0.15) is 23.5 Å². The van der Waals surface area contributed by atoms with Gasteiger partial charge in [-0.3, -0.25) is 4.79 Å². The number of nitrogens with one attached hydrogen (secondary N) is 3. The van der Waals surface area contributed by atoms with Gasteiger partial charge >= 0.3 is 0 Å². The maximum Gasteiger partial charge on any atom is 0.228 e. The minimum atomic E-state index is 0.0392. The van der Waals surface area contributed by atoms with E-state index in [0.29, 0.717) is 29.7 Å². The molecule has 9 heteroatoms. The molecule has 3 N–H and O–H groups in total. The van der Waals surface area contributed by atoms with Crippen LogP contribution in [0.3, 0.4) is 0 Å². The Labute approximate surface area is 203 Å². The van der Waals surface area contributed by atoms with Crippen molar-refractivity contribution < 1.29 is 4.79 Å². The predicted molar refractivity (Wildman–Crippen MR) is 134 cm³/mol. The number of nitrogens with zero attached hydrogens (tertiary/aromatic N) is 5. The molecule has 0 aliphatic carbocycles. The Hall–Kier alpha value is -4.24. The van der Waals surface area contributed by atoms with Crippen LogP contribution in [0.15, 0.2) is 67.0 Å². The van der Waals surface area contributed by atoms with Crippen LogP contribution in [0.2, 0.25) is 0 Å². The quantitative estimate of drug-likeness (QED) is 0.379. The molecule has 1 unspecified atom stereocenters. The predicted octanol–water partition coefficient (Wildman–Crippen LogP) is 3.52. The summed E-state index contributed by atoms with van der Waals surface area (Å²) in [5.74, 6) is 2.60. The number of carbonyl (C=O) groups excluding carboxylic acids is 1. The zero-order valence-corrected chi connectivity index (χ0v) is 19.4. The Kier molecular flexibility index (Phi) is 6.67. The molecule has 1 aliphatic heterocycles. The van der Waals surface area contributed by atoms with Crippen LogP contribution < -0.4 is 16.0 Å². The summed E-state index contributed by atoms with van der Waals surface area (Å²) in [6.45, 7) is 3.57. The van der Waals surface area contributed by atoms with Crippen LogP contribution in [0.5, 0.6) is 0 Å². The van der Waals surface area contributed by atoms with Gasteiger partial charge in [-0.05, 0) is 61.9 Å². The maximum atomic E-state index is 12.3. The average molecular weight is 467 g/mol. The summed E-state index contributed by atoms with van der Waals surface area (Å²) in [6, 6.07) is 17.1.